The van der Waals surface area contributed by atoms with Crippen LogP contribution in [0.5, 0.6) is 0 Å². The van der Waals surface area contributed by atoms with Gasteiger partial charge in [-0.15, -0.1) is 0 Å². The number of allylic oxidation sites excluding steroid dienone is 1. The number of ketones is 2. The van der Waals surface area contributed by atoms with Crippen LogP contribution in [-0.4, -0.2) is 87.1 Å². The summed E-state index contributed by atoms with van der Waals surface area (Å²) in [5.74, 6) is 0.0812. The molecule has 2 heterocycles. The molecule has 44 heavy (non-hydrogen) atoms. The smallest absolute Gasteiger partial charge is 0.186 e. The maximum Gasteiger partial charge on any atom is 0.186 e. The molecule has 0 aromatic rings. The van der Waals surface area contributed by atoms with Crippen LogP contribution in [0.1, 0.15) is 93.4 Å². The normalized spacial score (nSPS) is 53.8. The Morgan fingerprint density at radius 1 is 1.09 bits per heavy atom. The van der Waals surface area contributed by atoms with E-state index >= 15 is 0 Å². The van der Waals surface area contributed by atoms with Crippen LogP contribution in [0.2, 0.25) is 0 Å². The molecule has 4 saturated carbocycles. The predicted octanol–water partition coefficient (Wildman–Crippen LogP) is 3.09. The summed E-state index contributed by atoms with van der Waals surface area (Å²) in [7, 11) is 0. The van der Waals surface area contributed by atoms with Crippen molar-refractivity contribution in [1.82, 2.24) is 0 Å². The number of carbonyl (C=O) groups is 2. The van der Waals surface area contributed by atoms with E-state index in [1.807, 2.05) is 20.8 Å². The maximum atomic E-state index is 13.9. The first kappa shape index (κ1) is 31.4. The number of Topliss-reactive ketones (excluding diaryl/α,β-unsaturated/α-hetero) is 2. The largest absolute Gasteiger partial charge is 0.392 e. The van der Waals surface area contributed by atoms with Gasteiger partial charge in [0.1, 0.15) is 30.2 Å². The number of carbonyl (C=O) groups excluding carboxylic acids is 2. The lowest BCUT2D eigenvalue weighted by molar-refractivity contribution is -0.301. The molecule has 7 aliphatic rings. The number of ether oxygens (including phenoxy) is 3. The Bertz CT molecular complexity index is 1290. The van der Waals surface area contributed by atoms with Gasteiger partial charge in [0, 0.05) is 29.6 Å². The highest BCUT2D eigenvalue weighted by atomic mass is 16.7. The molecule has 0 amide bonds. The van der Waals surface area contributed by atoms with Crippen molar-refractivity contribution < 1.29 is 44.2 Å². The fourth-order valence-corrected chi connectivity index (χ4v) is 11.9. The third-order valence-corrected chi connectivity index (χ3v) is 14.4. The van der Waals surface area contributed by atoms with Crippen LogP contribution < -0.4 is 0 Å². The van der Waals surface area contributed by atoms with Gasteiger partial charge in [-0.05, 0) is 74.0 Å². The summed E-state index contributed by atoms with van der Waals surface area (Å²) in [5, 5.41) is 42.9. The number of hydrogen-bond acceptors (Lipinski definition) is 9. The van der Waals surface area contributed by atoms with E-state index in [0.717, 1.165) is 25.7 Å². The molecule has 0 radical (unpaired) electrons. The van der Waals surface area contributed by atoms with Gasteiger partial charge in [-0.3, -0.25) is 9.59 Å². The standard InChI is InChI=1S/C35H52O9/c1-17(12-18(36)28-31(4,5)44-28)25-19(37)13-32(6)22-9-8-21-30(2,3)24(43-29-27(41)26(40)20(38)15-42-29)10-11-34(21)16-35(22,34)23(39)14-33(25,32)7/h9,17,20-21,23-29,38-41H,8,10-16H2,1-7H3/t17-,20-,21+,23+,24+,25+,26+,27-,28?,29+,32+,33-,34-,35+/m1/s1. The quantitative estimate of drug-likeness (QED) is 0.261. The minimum atomic E-state index is -1.33. The number of epoxide rings is 1. The zero-order valence-corrected chi connectivity index (χ0v) is 27.3. The Kier molecular flexibility index (Phi) is 6.75. The van der Waals surface area contributed by atoms with E-state index in [9.17, 15) is 30.0 Å². The SMILES string of the molecule is C[C@H](CC(=O)C1OC1(C)C)[C@H]1C(=O)C[C@@]2(C)C3=CC[C@H]4C(C)(C)[C@@H](O[C@@H]5OC[C@@H](O)[C@H](O)[C@H]5O)CC[C@@]45C[C@@]35[C@@H](O)C[C@]12C. The van der Waals surface area contributed by atoms with E-state index in [0.29, 0.717) is 19.3 Å². The highest BCUT2D eigenvalue weighted by molar-refractivity contribution is 5.90. The molecular formula is C35H52O9. The first-order valence-corrected chi connectivity index (χ1v) is 16.8. The lowest BCUT2D eigenvalue weighted by Crippen LogP contribution is -2.59. The van der Waals surface area contributed by atoms with E-state index < -0.39 is 47.8 Å². The molecule has 14 atom stereocenters. The molecular weight excluding hydrogens is 564 g/mol. The number of aliphatic hydroxyl groups is 4. The van der Waals surface area contributed by atoms with Crippen LogP contribution in [0.25, 0.3) is 0 Å². The molecule has 0 bridgehead atoms. The Hall–Kier alpha value is -1.20. The second-order valence-electron chi connectivity index (χ2n) is 17.3. The highest BCUT2D eigenvalue weighted by Crippen LogP contribution is 2.87. The monoisotopic (exact) mass is 616 g/mol. The molecule has 5 aliphatic carbocycles. The van der Waals surface area contributed by atoms with Crippen molar-refractivity contribution in [3.05, 3.63) is 11.6 Å². The average molecular weight is 617 g/mol. The van der Waals surface area contributed by atoms with Gasteiger partial charge < -0.3 is 34.6 Å². The molecule has 9 nitrogen and oxygen atoms in total. The Morgan fingerprint density at radius 2 is 1.77 bits per heavy atom. The summed E-state index contributed by atoms with van der Waals surface area (Å²) in [4.78, 5) is 27.0. The van der Waals surface area contributed by atoms with Crippen molar-refractivity contribution >= 4 is 11.6 Å². The molecule has 4 N–H and O–H groups in total. The van der Waals surface area contributed by atoms with Crippen LogP contribution in [-0.2, 0) is 23.8 Å². The molecule has 0 aromatic carbocycles. The zero-order chi connectivity index (χ0) is 32.0. The van der Waals surface area contributed by atoms with E-state index in [2.05, 4.69) is 33.8 Å². The molecule has 2 aliphatic heterocycles. The predicted molar refractivity (Wildman–Crippen MR) is 159 cm³/mol. The van der Waals surface area contributed by atoms with Crippen molar-refractivity contribution in [3.63, 3.8) is 0 Å². The van der Waals surface area contributed by atoms with Crippen molar-refractivity contribution in [2.75, 3.05) is 6.61 Å². The van der Waals surface area contributed by atoms with Gasteiger partial charge in [-0.25, -0.2) is 0 Å². The molecule has 9 heteroatoms. The summed E-state index contributed by atoms with van der Waals surface area (Å²) in [6.07, 6.45) is 0.934. The van der Waals surface area contributed by atoms with Crippen LogP contribution in [0.3, 0.4) is 0 Å². The Balaban J connectivity index is 1.15. The fourth-order valence-electron chi connectivity index (χ4n) is 11.9. The minimum absolute atomic E-state index is 0.0687. The third kappa shape index (κ3) is 3.84. The van der Waals surface area contributed by atoms with Gasteiger partial charge in [-0.1, -0.05) is 46.3 Å². The van der Waals surface area contributed by atoms with Crippen molar-refractivity contribution in [1.29, 1.82) is 0 Å². The van der Waals surface area contributed by atoms with E-state index in [1.165, 1.54) is 5.57 Å². The summed E-state index contributed by atoms with van der Waals surface area (Å²) in [6, 6.07) is 0. The maximum absolute atomic E-state index is 13.9. The molecule has 6 fully saturated rings. The molecule has 0 aromatic heterocycles. The Morgan fingerprint density at radius 3 is 2.43 bits per heavy atom. The first-order valence-electron chi connectivity index (χ1n) is 16.8. The van der Waals surface area contributed by atoms with Crippen molar-refractivity contribution in [3.8, 4) is 0 Å². The van der Waals surface area contributed by atoms with E-state index in [1.54, 1.807) is 0 Å². The topological polar surface area (TPSA) is 146 Å². The van der Waals surface area contributed by atoms with Crippen LogP contribution >= 0.6 is 0 Å². The number of hydrogen-bond donors (Lipinski definition) is 4. The summed E-state index contributed by atoms with van der Waals surface area (Å²) in [6.45, 7) is 14.6. The molecule has 1 unspecified atom stereocenters. The summed E-state index contributed by atoms with van der Waals surface area (Å²) < 4.78 is 17.6. The van der Waals surface area contributed by atoms with Crippen LogP contribution in [0.4, 0.5) is 0 Å². The number of fused-ring (bicyclic) bond motifs is 2. The first-order chi connectivity index (χ1) is 20.4. The number of rotatable bonds is 6. The average Bonchev–Trinajstić information content (AvgIpc) is 3.78. The van der Waals surface area contributed by atoms with Gasteiger partial charge in [0.2, 0.25) is 0 Å². The van der Waals surface area contributed by atoms with Crippen molar-refractivity contribution in [2.24, 2.45) is 44.8 Å². The molecule has 7 rings (SSSR count). The molecule has 2 spiro atoms. The van der Waals surface area contributed by atoms with E-state index in [4.69, 9.17) is 14.2 Å². The second-order valence-corrected chi connectivity index (χ2v) is 17.3. The second kappa shape index (κ2) is 9.45. The number of aliphatic hydroxyl groups excluding tert-OH is 4. The summed E-state index contributed by atoms with van der Waals surface area (Å²) >= 11 is 0. The van der Waals surface area contributed by atoms with Crippen molar-refractivity contribution in [2.45, 2.75) is 142 Å². The minimum Gasteiger partial charge on any atom is -0.392 e. The van der Waals surface area contributed by atoms with E-state index in [-0.39, 0.29) is 63.7 Å². The Labute approximate surface area is 260 Å². The lowest BCUT2D eigenvalue weighted by atomic mass is 9.44. The van der Waals surface area contributed by atoms with Gasteiger partial charge in [-0.2, -0.15) is 0 Å². The van der Waals surface area contributed by atoms with Gasteiger partial charge >= 0.3 is 0 Å². The molecule has 246 valence electrons. The zero-order valence-electron chi connectivity index (χ0n) is 27.3. The third-order valence-electron chi connectivity index (χ3n) is 14.4. The highest BCUT2D eigenvalue weighted by Gasteiger charge is 2.84. The van der Waals surface area contributed by atoms with Gasteiger partial charge in [0.15, 0.2) is 12.1 Å². The fraction of sp³-hybridized carbons (Fsp3) is 0.886. The molecule has 2 saturated heterocycles. The lowest BCUT2D eigenvalue weighted by Gasteiger charge is -2.61. The van der Waals surface area contributed by atoms with Crippen LogP contribution in [0.15, 0.2) is 11.6 Å². The van der Waals surface area contributed by atoms with Gasteiger partial charge in [0.25, 0.3) is 0 Å². The van der Waals surface area contributed by atoms with Crippen LogP contribution in [0, 0.1) is 44.8 Å². The summed E-state index contributed by atoms with van der Waals surface area (Å²) in [5.41, 5.74) is -0.761. The van der Waals surface area contributed by atoms with Gasteiger partial charge in [0.05, 0.1) is 24.4 Å².